The lowest BCUT2D eigenvalue weighted by Gasteiger charge is -2.29. The number of carbonyl (C=O) groups excluding carboxylic acids is 1. The van der Waals surface area contributed by atoms with E-state index in [-0.39, 0.29) is 41.8 Å². The number of thiophene rings is 1. The van der Waals surface area contributed by atoms with Gasteiger partial charge in [-0.2, -0.15) is 21.0 Å². The summed E-state index contributed by atoms with van der Waals surface area (Å²) in [5, 5.41) is 8.39. The highest BCUT2D eigenvalue weighted by atomic mass is 32.2. The molecule has 164 valence electrons. The zero-order chi connectivity index (χ0) is 22.5. The second kappa shape index (κ2) is 7.68. The van der Waals surface area contributed by atoms with Gasteiger partial charge in [-0.25, -0.2) is 13.4 Å². The van der Waals surface area contributed by atoms with E-state index in [1.165, 1.54) is 11.4 Å². The number of pyridine rings is 1. The Labute approximate surface area is 188 Å². The molecule has 0 unspecified atom stereocenters. The number of nitrogen functional groups attached to an aromatic ring is 1. The summed E-state index contributed by atoms with van der Waals surface area (Å²) in [6, 6.07) is 5.89. The minimum atomic E-state index is -3.08. The van der Waals surface area contributed by atoms with Crippen molar-refractivity contribution < 1.29 is 13.2 Å². The Hall–Kier alpha value is -3.31. The van der Waals surface area contributed by atoms with Gasteiger partial charge in [-0.05, 0) is 24.4 Å². The minimum absolute atomic E-state index is 0.0111. The van der Waals surface area contributed by atoms with Gasteiger partial charge in [0.1, 0.15) is 17.2 Å². The number of nitrogens with two attached hydrogens (primary N) is 1. The predicted octanol–water partition coefficient (Wildman–Crippen LogP) is 2.54. The fraction of sp³-hybridized carbons (Fsp3) is 0.238. The van der Waals surface area contributed by atoms with Crippen LogP contribution in [0.3, 0.4) is 0 Å². The van der Waals surface area contributed by atoms with E-state index in [1.54, 1.807) is 23.7 Å². The molecule has 9 nitrogen and oxygen atoms in total. The lowest BCUT2D eigenvalue weighted by atomic mass is 10.1. The van der Waals surface area contributed by atoms with Crippen molar-refractivity contribution in [3.05, 3.63) is 46.9 Å². The molecule has 0 radical (unpaired) electrons. The summed E-state index contributed by atoms with van der Waals surface area (Å²) in [5.41, 5.74) is 10.5. The highest BCUT2D eigenvalue weighted by Gasteiger charge is 2.28. The van der Waals surface area contributed by atoms with Gasteiger partial charge in [-0.1, -0.05) is 6.07 Å². The van der Waals surface area contributed by atoms with Gasteiger partial charge in [0, 0.05) is 41.4 Å². The highest BCUT2D eigenvalue weighted by Crippen LogP contribution is 2.32. The van der Waals surface area contributed by atoms with Gasteiger partial charge in [-0.15, -0.1) is 0 Å². The second-order valence-electron chi connectivity index (χ2n) is 7.63. The van der Waals surface area contributed by atoms with Gasteiger partial charge in [0.25, 0.3) is 0 Å². The van der Waals surface area contributed by atoms with E-state index in [0.29, 0.717) is 11.5 Å². The number of nitrogens with zero attached hydrogens (tertiary/aromatic N) is 5. The van der Waals surface area contributed by atoms with Crippen LogP contribution in [0.1, 0.15) is 17.3 Å². The maximum atomic E-state index is 12.4. The predicted molar refractivity (Wildman–Crippen MR) is 125 cm³/mol. The van der Waals surface area contributed by atoms with Gasteiger partial charge in [0.05, 0.1) is 23.4 Å². The van der Waals surface area contributed by atoms with Crippen LogP contribution in [0.15, 0.2) is 41.4 Å². The molecule has 0 aromatic carbocycles. The Kier molecular flexibility index (Phi) is 4.94. The second-order valence-corrected chi connectivity index (χ2v) is 10.7. The first-order chi connectivity index (χ1) is 15.3. The number of anilines is 2. The third kappa shape index (κ3) is 3.53. The monoisotopic (exact) mass is 468 g/mol. The van der Waals surface area contributed by atoms with Crippen LogP contribution in [0.4, 0.5) is 11.6 Å². The fourth-order valence-electron chi connectivity index (χ4n) is 3.83. The normalized spacial score (nSPS) is 15.8. The van der Waals surface area contributed by atoms with Crippen LogP contribution < -0.4 is 10.6 Å². The number of aromatic nitrogens is 4. The van der Waals surface area contributed by atoms with Crippen LogP contribution in [-0.4, -0.2) is 58.4 Å². The number of hydrogen-bond donors (Lipinski definition) is 1. The average molecular weight is 469 g/mol. The van der Waals surface area contributed by atoms with Gasteiger partial charge in [-0.3, -0.25) is 9.78 Å². The minimum Gasteiger partial charge on any atom is -0.383 e. The third-order valence-corrected chi connectivity index (χ3v) is 7.84. The molecule has 1 aliphatic rings. The Morgan fingerprint density at radius 2 is 1.91 bits per heavy atom. The van der Waals surface area contributed by atoms with E-state index < -0.39 is 9.84 Å². The number of ketones is 1. The lowest BCUT2D eigenvalue weighted by molar-refractivity contribution is 0.101. The summed E-state index contributed by atoms with van der Waals surface area (Å²) in [6.07, 6.45) is 3.41. The van der Waals surface area contributed by atoms with E-state index in [0.717, 1.165) is 22.4 Å². The number of Topliss-reactive ketones (excluding diaryl/α,β-unsaturated/α-hetero) is 1. The topological polar surface area (TPSA) is 124 Å². The molecule has 0 aliphatic carbocycles. The molecule has 0 spiro atoms. The Balaban J connectivity index is 1.61. The van der Waals surface area contributed by atoms with Crippen LogP contribution >= 0.6 is 11.3 Å². The van der Waals surface area contributed by atoms with Crippen molar-refractivity contribution in [3.8, 4) is 22.4 Å². The highest BCUT2D eigenvalue weighted by molar-refractivity contribution is 7.91. The first-order valence-corrected chi connectivity index (χ1v) is 12.7. The molecule has 5 heterocycles. The molecule has 4 aromatic heterocycles. The van der Waals surface area contributed by atoms with Crippen LogP contribution in [0.2, 0.25) is 0 Å². The van der Waals surface area contributed by atoms with Crippen molar-refractivity contribution in [3.63, 3.8) is 0 Å². The summed E-state index contributed by atoms with van der Waals surface area (Å²) in [6.45, 7) is 1.93. The van der Waals surface area contributed by atoms with Crippen molar-refractivity contribution in [2.24, 2.45) is 0 Å². The first kappa shape index (κ1) is 20.6. The molecule has 0 bridgehead atoms. The third-order valence-electron chi connectivity index (χ3n) is 5.55. The number of sulfone groups is 1. The fourth-order valence-corrected chi connectivity index (χ4v) is 5.68. The van der Waals surface area contributed by atoms with Gasteiger partial charge >= 0.3 is 0 Å². The van der Waals surface area contributed by atoms with E-state index in [9.17, 15) is 13.2 Å². The van der Waals surface area contributed by atoms with Crippen LogP contribution in [0.5, 0.6) is 0 Å². The molecular formula is C21H20N6O3S2. The van der Waals surface area contributed by atoms with Gasteiger partial charge < -0.3 is 10.6 Å². The number of carbonyl (C=O) groups is 1. The number of hydrogen-bond acceptors (Lipinski definition) is 9. The lowest BCUT2D eigenvalue weighted by Crippen LogP contribution is -2.41. The molecule has 11 heteroatoms. The molecule has 32 heavy (non-hydrogen) atoms. The summed E-state index contributed by atoms with van der Waals surface area (Å²) >= 11 is 1.61. The number of fused-ring (bicyclic) bond motifs is 1. The standard InChI is InChI=1S/C21H20N6O3S2/c1-13(28)18-19(22)27-20(25-21(18)26-5-8-32(29,30)9-6-26)16(11-24-27)14-2-3-17(23-10-14)15-4-7-31-12-15/h2-4,7,10-12H,5-6,8-9,22H2,1H3. The van der Waals surface area contributed by atoms with Crippen molar-refractivity contribution in [1.82, 2.24) is 19.6 Å². The molecule has 0 saturated carbocycles. The summed E-state index contributed by atoms with van der Waals surface area (Å²) in [4.78, 5) is 23.5. The average Bonchev–Trinajstić information content (AvgIpc) is 3.44. The molecule has 5 rings (SSSR count). The van der Waals surface area contributed by atoms with Crippen LogP contribution in [-0.2, 0) is 9.84 Å². The molecule has 1 aliphatic heterocycles. The Morgan fingerprint density at radius 1 is 1.12 bits per heavy atom. The van der Waals surface area contributed by atoms with E-state index in [1.807, 2.05) is 33.9 Å². The molecule has 1 saturated heterocycles. The zero-order valence-electron chi connectivity index (χ0n) is 17.2. The van der Waals surface area contributed by atoms with Gasteiger partial charge in [0.15, 0.2) is 21.3 Å². The Morgan fingerprint density at radius 3 is 2.53 bits per heavy atom. The molecule has 4 aromatic rings. The van der Waals surface area contributed by atoms with E-state index in [4.69, 9.17) is 10.7 Å². The van der Waals surface area contributed by atoms with Crippen molar-refractivity contribution in [1.29, 1.82) is 0 Å². The summed E-state index contributed by atoms with van der Waals surface area (Å²) in [5.74, 6) is 0.343. The molecule has 2 N–H and O–H groups in total. The maximum absolute atomic E-state index is 12.4. The van der Waals surface area contributed by atoms with Crippen molar-refractivity contribution >= 4 is 44.2 Å². The van der Waals surface area contributed by atoms with Crippen LogP contribution in [0.25, 0.3) is 28.0 Å². The molecule has 0 amide bonds. The Bertz CT molecular complexity index is 1410. The van der Waals surface area contributed by atoms with Gasteiger partial charge in [0.2, 0.25) is 0 Å². The largest absolute Gasteiger partial charge is 0.383 e. The smallest absolute Gasteiger partial charge is 0.167 e. The van der Waals surface area contributed by atoms with Crippen molar-refractivity contribution in [2.45, 2.75) is 6.92 Å². The van der Waals surface area contributed by atoms with E-state index >= 15 is 0 Å². The molecule has 1 fully saturated rings. The zero-order valence-corrected chi connectivity index (χ0v) is 18.9. The van der Waals surface area contributed by atoms with E-state index in [2.05, 4.69) is 10.1 Å². The molecule has 0 atom stereocenters. The SMILES string of the molecule is CC(=O)c1c(N2CCS(=O)(=O)CC2)nc2c(-c3ccc(-c4ccsc4)nc3)cnn2c1N. The van der Waals surface area contributed by atoms with Crippen LogP contribution in [0, 0.1) is 0 Å². The maximum Gasteiger partial charge on any atom is 0.167 e. The number of rotatable bonds is 4. The van der Waals surface area contributed by atoms with Crippen molar-refractivity contribution in [2.75, 3.05) is 35.2 Å². The summed E-state index contributed by atoms with van der Waals surface area (Å²) < 4.78 is 25.2. The molecular weight excluding hydrogens is 448 g/mol. The summed E-state index contributed by atoms with van der Waals surface area (Å²) in [7, 11) is -3.08. The first-order valence-electron chi connectivity index (χ1n) is 9.96. The quantitative estimate of drug-likeness (QED) is 0.453.